The molecule has 0 fully saturated rings. The number of carbonyl (C=O) groups excluding carboxylic acids is 1. The fourth-order valence-corrected chi connectivity index (χ4v) is 2.42. The minimum absolute atomic E-state index is 0.0366. The van der Waals surface area contributed by atoms with Crippen LogP contribution < -0.4 is 15.5 Å². The molecule has 5 nitrogen and oxygen atoms in total. The molecule has 1 heterocycles. The lowest BCUT2D eigenvalue weighted by Gasteiger charge is -2.10. The van der Waals surface area contributed by atoms with Gasteiger partial charge >= 0.3 is 0 Å². The minimum atomic E-state index is -0.614. The highest BCUT2D eigenvalue weighted by atomic mass is 79.9. The van der Waals surface area contributed by atoms with Crippen LogP contribution in [-0.2, 0) is 6.54 Å². The number of rotatable bonds is 7. The summed E-state index contributed by atoms with van der Waals surface area (Å²) in [5.74, 6) is -1.51. The Morgan fingerprint density at radius 3 is 2.88 bits per heavy atom. The summed E-state index contributed by atoms with van der Waals surface area (Å²) in [6.45, 7) is 2.37. The van der Waals surface area contributed by atoms with Crippen LogP contribution in [0.4, 0.5) is 4.39 Å². The Bertz CT molecular complexity index is 825. The van der Waals surface area contributed by atoms with Gasteiger partial charge in [-0.15, -0.1) is 0 Å². The molecular formula is C17H16BrClFNO4. The summed E-state index contributed by atoms with van der Waals surface area (Å²) in [5.41, 5.74) is 0.144. The Morgan fingerprint density at radius 1 is 1.44 bits per heavy atom. The number of carbonyl (C=O) groups is 1. The number of halogens is 3. The van der Waals surface area contributed by atoms with Crippen molar-refractivity contribution in [2.45, 2.75) is 26.3 Å². The number of hydrogen-bond acceptors (Lipinski definition) is 4. The second-order valence-corrected chi connectivity index (χ2v) is 6.47. The molecule has 1 aromatic carbocycles. The summed E-state index contributed by atoms with van der Waals surface area (Å²) in [6.07, 6.45) is 2.76. The number of benzene rings is 1. The Labute approximate surface area is 157 Å². The van der Waals surface area contributed by atoms with Gasteiger partial charge in [-0.05, 0) is 40.0 Å². The van der Waals surface area contributed by atoms with Crippen LogP contribution in [0.3, 0.4) is 0 Å². The molecule has 134 valence electrons. The van der Waals surface area contributed by atoms with Crippen molar-refractivity contribution in [1.82, 2.24) is 5.32 Å². The second-order valence-electron chi connectivity index (χ2n) is 5.20. The maximum Gasteiger partial charge on any atom is 0.291 e. The molecule has 2 rings (SSSR count). The predicted molar refractivity (Wildman–Crippen MR) is 95.7 cm³/mol. The van der Waals surface area contributed by atoms with Gasteiger partial charge in [0.25, 0.3) is 5.91 Å². The van der Waals surface area contributed by atoms with Gasteiger partial charge in [0.2, 0.25) is 16.9 Å². The van der Waals surface area contributed by atoms with E-state index in [1.54, 1.807) is 0 Å². The molecule has 0 aliphatic rings. The lowest BCUT2D eigenvalue weighted by Crippen LogP contribution is -2.25. The Balaban J connectivity index is 2.16. The summed E-state index contributed by atoms with van der Waals surface area (Å²) >= 11 is 8.77. The molecule has 0 bridgehead atoms. The van der Waals surface area contributed by atoms with Crippen molar-refractivity contribution in [1.29, 1.82) is 0 Å². The van der Waals surface area contributed by atoms with E-state index in [9.17, 15) is 14.0 Å². The predicted octanol–water partition coefficient (Wildman–Crippen LogP) is 4.30. The van der Waals surface area contributed by atoms with Crippen molar-refractivity contribution in [2.24, 2.45) is 0 Å². The van der Waals surface area contributed by atoms with E-state index in [2.05, 4.69) is 21.2 Å². The van der Waals surface area contributed by atoms with E-state index in [0.717, 1.165) is 19.1 Å². The van der Waals surface area contributed by atoms with Crippen LogP contribution in [0.2, 0.25) is 5.02 Å². The summed E-state index contributed by atoms with van der Waals surface area (Å²) in [7, 11) is 0. The highest BCUT2D eigenvalue weighted by Gasteiger charge is 2.21. The van der Waals surface area contributed by atoms with E-state index in [-0.39, 0.29) is 27.5 Å². The molecule has 0 aliphatic heterocycles. The fraction of sp³-hybridized carbons (Fsp3) is 0.294. The fourth-order valence-electron chi connectivity index (χ4n) is 1.95. The standard InChI is InChI=1S/C17H16BrClFNO4/c1-2-3-6-24-15-14(22)11(18)9-25-16(15)17(23)21-8-10-4-5-13(20)12(19)7-10/h4-5,7,9H,2-3,6,8H2,1H3,(H,21,23). The first-order valence-corrected chi connectivity index (χ1v) is 8.77. The van der Waals surface area contributed by atoms with Gasteiger partial charge in [0.05, 0.1) is 11.6 Å². The number of nitrogens with one attached hydrogen (secondary N) is 1. The van der Waals surface area contributed by atoms with Gasteiger partial charge in [-0.2, -0.15) is 0 Å². The average molecular weight is 433 g/mol. The maximum atomic E-state index is 13.2. The number of hydrogen-bond donors (Lipinski definition) is 1. The quantitative estimate of drug-likeness (QED) is 0.662. The van der Waals surface area contributed by atoms with Gasteiger partial charge < -0.3 is 14.5 Å². The summed E-state index contributed by atoms with van der Waals surface area (Å²) in [5, 5.41) is 2.55. The summed E-state index contributed by atoms with van der Waals surface area (Å²) < 4.78 is 24.0. The number of ether oxygens (including phenoxy) is 1. The maximum absolute atomic E-state index is 13.2. The zero-order chi connectivity index (χ0) is 18.4. The second kappa shape index (κ2) is 9.01. The largest absolute Gasteiger partial charge is 0.486 e. The highest BCUT2D eigenvalue weighted by Crippen LogP contribution is 2.19. The van der Waals surface area contributed by atoms with Gasteiger partial charge in [0.15, 0.2) is 0 Å². The van der Waals surface area contributed by atoms with Crippen molar-refractivity contribution < 1.29 is 18.3 Å². The third-order valence-corrected chi connectivity index (χ3v) is 4.13. The Kier molecular flexibility index (Phi) is 7.01. The minimum Gasteiger partial charge on any atom is -0.486 e. The highest BCUT2D eigenvalue weighted by molar-refractivity contribution is 9.10. The van der Waals surface area contributed by atoms with E-state index in [0.29, 0.717) is 12.2 Å². The van der Waals surface area contributed by atoms with Gasteiger partial charge in [0, 0.05) is 6.54 Å². The summed E-state index contributed by atoms with van der Waals surface area (Å²) in [6, 6.07) is 4.12. The first kappa shape index (κ1) is 19.5. The van der Waals surface area contributed by atoms with Crippen molar-refractivity contribution in [3.8, 4) is 5.75 Å². The molecule has 1 aromatic heterocycles. The van der Waals surface area contributed by atoms with Crippen LogP contribution in [0, 0.1) is 5.82 Å². The smallest absolute Gasteiger partial charge is 0.291 e. The molecule has 0 aliphatic carbocycles. The molecule has 0 saturated heterocycles. The molecule has 0 unspecified atom stereocenters. The molecule has 25 heavy (non-hydrogen) atoms. The van der Waals surface area contributed by atoms with Crippen LogP contribution in [0.5, 0.6) is 5.75 Å². The molecule has 1 N–H and O–H groups in total. The molecule has 1 amide bonds. The average Bonchev–Trinajstić information content (AvgIpc) is 2.59. The monoisotopic (exact) mass is 431 g/mol. The van der Waals surface area contributed by atoms with E-state index < -0.39 is 17.2 Å². The van der Waals surface area contributed by atoms with Crippen molar-refractivity contribution in [3.05, 3.63) is 61.3 Å². The molecule has 8 heteroatoms. The lowest BCUT2D eigenvalue weighted by atomic mass is 10.2. The molecule has 0 atom stereocenters. The van der Waals surface area contributed by atoms with E-state index >= 15 is 0 Å². The van der Waals surface area contributed by atoms with E-state index in [1.807, 2.05) is 6.92 Å². The Hall–Kier alpha value is -1.86. The topological polar surface area (TPSA) is 68.5 Å². The van der Waals surface area contributed by atoms with E-state index in [4.69, 9.17) is 20.8 Å². The lowest BCUT2D eigenvalue weighted by molar-refractivity contribution is 0.0912. The first-order chi connectivity index (χ1) is 11.9. The van der Waals surface area contributed by atoms with Gasteiger partial charge in [-0.25, -0.2) is 4.39 Å². The normalized spacial score (nSPS) is 10.6. The number of amides is 1. The van der Waals surface area contributed by atoms with Gasteiger partial charge in [0.1, 0.15) is 16.6 Å². The van der Waals surface area contributed by atoms with Gasteiger partial charge in [-0.3, -0.25) is 9.59 Å². The van der Waals surface area contributed by atoms with Crippen LogP contribution in [0.1, 0.15) is 35.9 Å². The van der Waals surface area contributed by atoms with Crippen LogP contribution in [0.25, 0.3) is 0 Å². The van der Waals surface area contributed by atoms with Crippen LogP contribution >= 0.6 is 27.5 Å². The number of unbranched alkanes of at least 4 members (excludes halogenated alkanes) is 1. The Morgan fingerprint density at radius 2 is 2.20 bits per heavy atom. The molecular weight excluding hydrogens is 417 g/mol. The molecule has 0 radical (unpaired) electrons. The molecule has 0 saturated carbocycles. The van der Waals surface area contributed by atoms with Crippen LogP contribution in [0.15, 0.2) is 38.1 Å². The zero-order valence-corrected chi connectivity index (χ0v) is 15.7. The summed E-state index contributed by atoms with van der Waals surface area (Å²) in [4.78, 5) is 24.5. The molecule has 2 aromatic rings. The third kappa shape index (κ3) is 5.06. The first-order valence-electron chi connectivity index (χ1n) is 7.60. The molecule has 0 spiro atoms. The van der Waals surface area contributed by atoms with Crippen molar-refractivity contribution in [2.75, 3.05) is 6.61 Å². The van der Waals surface area contributed by atoms with E-state index in [1.165, 1.54) is 18.2 Å². The van der Waals surface area contributed by atoms with Gasteiger partial charge in [-0.1, -0.05) is 31.0 Å². The third-order valence-electron chi connectivity index (χ3n) is 3.30. The van der Waals surface area contributed by atoms with Crippen molar-refractivity contribution in [3.63, 3.8) is 0 Å². The SMILES string of the molecule is CCCCOc1c(C(=O)NCc2ccc(F)c(Cl)c2)occ(Br)c1=O. The zero-order valence-electron chi connectivity index (χ0n) is 13.4. The van der Waals surface area contributed by atoms with Crippen molar-refractivity contribution >= 4 is 33.4 Å². The van der Waals surface area contributed by atoms with Crippen LogP contribution in [-0.4, -0.2) is 12.5 Å².